The van der Waals surface area contributed by atoms with E-state index >= 15 is 0 Å². The van der Waals surface area contributed by atoms with Gasteiger partial charge in [0.15, 0.2) is 0 Å². The van der Waals surface area contributed by atoms with E-state index in [1.54, 1.807) is 0 Å². The van der Waals surface area contributed by atoms with Crippen molar-refractivity contribution < 1.29 is 14.3 Å². The molecule has 1 heterocycles. The van der Waals surface area contributed by atoms with Gasteiger partial charge in [0.25, 0.3) is 0 Å². The van der Waals surface area contributed by atoms with E-state index in [2.05, 4.69) is 18.6 Å². The van der Waals surface area contributed by atoms with Crippen LogP contribution in [0.4, 0.5) is 0 Å². The van der Waals surface area contributed by atoms with Gasteiger partial charge in [-0.25, -0.2) is 0 Å². The Bertz CT molecular complexity index is 364. The summed E-state index contributed by atoms with van der Waals surface area (Å²) in [5.41, 5.74) is 0. The SMILES string of the molecule is CCC(C)CCCCCCCCCCCCCCC1CC(=O)OC1=O. The quantitative estimate of drug-likeness (QED) is 0.179. The van der Waals surface area contributed by atoms with Crippen molar-refractivity contribution in [3.8, 4) is 0 Å². The second-order valence-corrected chi connectivity index (χ2v) is 8.03. The monoisotopic (exact) mass is 352 g/mol. The van der Waals surface area contributed by atoms with Gasteiger partial charge in [0.2, 0.25) is 0 Å². The number of ether oxygens (including phenoxy) is 1. The lowest BCUT2D eigenvalue weighted by Gasteiger charge is -2.07. The zero-order chi connectivity index (χ0) is 18.3. The van der Waals surface area contributed by atoms with Crippen molar-refractivity contribution in [1.82, 2.24) is 0 Å². The number of hydrogen-bond acceptors (Lipinski definition) is 3. The molecule has 0 bridgehead atoms. The van der Waals surface area contributed by atoms with E-state index in [0.29, 0.717) is 6.42 Å². The fourth-order valence-electron chi connectivity index (χ4n) is 3.60. The third-order valence-electron chi connectivity index (χ3n) is 5.66. The highest BCUT2D eigenvalue weighted by Crippen LogP contribution is 2.22. The smallest absolute Gasteiger partial charge is 0.317 e. The summed E-state index contributed by atoms with van der Waals surface area (Å²) in [7, 11) is 0. The molecule has 0 saturated carbocycles. The Morgan fingerprint density at radius 1 is 0.840 bits per heavy atom. The van der Waals surface area contributed by atoms with Crippen LogP contribution in [0.1, 0.15) is 117 Å². The molecule has 1 rings (SSSR count). The first-order valence-electron chi connectivity index (χ1n) is 10.9. The second kappa shape index (κ2) is 14.3. The Morgan fingerprint density at radius 2 is 1.32 bits per heavy atom. The molecular weight excluding hydrogens is 312 g/mol. The van der Waals surface area contributed by atoms with E-state index in [-0.39, 0.29) is 17.9 Å². The van der Waals surface area contributed by atoms with E-state index in [9.17, 15) is 9.59 Å². The van der Waals surface area contributed by atoms with Gasteiger partial charge in [-0.15, -0.1) is 0 Å². The lowest BCUT2D eigenvalue weighted by molar-refractivity contribution is -0.153. The van der Waals surface area contributed by atoms with Gasteiger partial charge in [0.1, 0.15) is 0 Å². The number of unbranched alkanes of at least 4 members (excludes halogenated alkanes) is 11. The number of rotatable bonds is 16. The average Bonchev–Trinajstić information content (AvgIpc) is 2.92. The van der Waals surface area contributed by atoms with Crippen LogP contribution < -0.4 is 0 Å². The lowest BCUT2D eigenvalue weighted by atomic mass is 9.98. The standard InChI is InChI=1S/C22H40O3/c1-3-19(2)16-14-12-10-8-6-4-5-7-9-11-13-15-17-20-18-21(23)25-22(20)24/h19-20H,3-18H2,1-2H3. The molecule has 1 aliphatic heterocycles. The fourth-order valence-corrected chi connectivity index (χ4v) is 3.60. The molecule has 0 aromatic heterocycles. The van der Waals surface area contributed by atoms with Crippen LogP contribution in [0.15, 0.2) is 0 Å². The predicted octanol–water partition coefficient (Wildman–Crippen LogP) is 6.58. The van der Waals surface area contributed by atoms with Crippen LogP contribution >= 0.6 is 0 Å². The Kier molecular flexibility index (Phi) is 12.7. The summed E-state index contributed by atoms with van der Waals surface area (Å²) in [6, 6.07) is 0. The Morgan fingerprint density at radius 3 is 1.76 bits per heavy atom. The second-order valence-electron chi connectivity index (χ2n) is 8.03. The Labute approximate surface area is 155 Å². The van der Waals surface area contributed by atoms with Crippen molar-refractivity contribution in [3.05, 3.63) is 0 Å². The molecule has 0 aromatic carbocycles. The van der Waals surface area contributed by atoms with Crippen LogP contribution in [0.2, 0.25) is 0 Å². The van der Waals surface area contributed by atoms with Crippen molar-refractivity contribution in [2.24, 2.45) is 11.8 Å². The first kappa shape index (κ1) is 22.2. The van der Waals surface area contributed by atoms with Crippen LogP contribution in [-0.2, 0) is 14.3 Å². The molecule has 3 heteroatoms. The summed E-state index contributed by atoms with van der Waals surface area (Å²) in [6.45, 7) is 4.65. The molecule has 0 aromatic rings. The molecule has 1 saturated heterocycles. The summed E-state index contributed by atoms with van der Waals surface area (Å²) in [6.07, 6.45) is 19.8. The van der Waals surface area contributed by atoms with E-state index < -0.39 is 0 Å². The molecule has 0 aliphatic carbocycles. The Hall–Kier alpha value is -0.860. The first-order chi connectivity index (χ1) is 12.1. The number of esters is 2. The number of hydrogen-bond donors (Lipinski definition) is 0. The normalized spacial score (nSPS) is 18.6. The molecule has 3 nitrogen and oxygen atoms in total. The van der Waals surface area contributed by atoms with Crippen molar-refractivity contribution in [3.63, 3.8) is 0 Å². The van der Waals surface area contributed by atoms with Gasteiger partial charge in [-0.1, -0.05) is 104 Å². The summed E-state index contributed by atoms with van der Waals surface area (Å²) in [4.78, 5) is 22.3. The minimum Gasteiger partial charge on any atom is -0.393 e. The van der Waals surface area contributed by atoms with Crippen molar-refractivity contribution in [2.45, 2.75) is 117 Å². The van der Waals surface area contributed by atoms with Crippen LogP contribution in [0.25, 0.3) is 0 Å². The summed E-state index contributed by atoms with van der Waals surface area (Å²) < 4.78 is 4.58. The van der Waals surface area contributed by atoms with E-state index in [1.807, 2.05) is 0 Å². The lowest BCUT2D eigenvalue weighted by Crippen LogP contribution is -2.06. The summed E-state index contributed by atoms with van der Waals surface area (Å²) in [5.74, 6) is 0.113. The highest BCUT2D eigenvalue weighted by molar-refractivity contribution is 5.94. The minimum absolute atomic E-state index is 0.155. The molecule has 0 spiro atoms. The van der Waals surface area contributed by atoms with Crippen molar-refractivity contribution in [1.29, 1.82) is 0 Å². The molecule has 2 atom stereocenters. The first-order valence-corrected chi connectivity index (χ1v) is 10.9. The van der Waals surface area contributed by atoms with Crippen LogP contribution in [0.5, 0.6) is 0 Å². The van der Waals surface area contributed by atoms with Crippen LogP contribution in [0.3, 0.4) is 0 Å². The number of cyclic esters (lactones) is 2. The maximum absolute atomic E-state index is 11.3. The predicted molar refractivity (Wildman–Crippen MR) is 103 cm³/mol. The molecule has 1 aliphatic rings. The van der Waals surface area contributed by atoms with E-state index in [4.69, 9.17) is 0 Å². The largest absolute Gasteiger partial charge is 0.393 e. The van der Waals surface area contributed by atoms with E-state index in [0.717, 1.165) is 18.8 Å². The molecule has 0 amide bonds. The zero-order valence-electron chi connectivity index (χ0n) is 16.7. The molecule has 25 heavy (non-hydrogen) atoms. The minimum atomic E-state index is -0.342. The van der Waals surface area contributed by atoms with Crippen LogP contribution in [0, 0.1) is 11.8 Å². The van der Waals surface area contributed by atoms with E-state index in [1.165, 1.54) is 83.5 Å². The third-order valence-corrected chi connectivity index (χ3v) is 5.66. The highest BCUT2D eigenvalue weighted by Gasteiger charge is 2.32. The number of carbonyl (C=O) groups excluding carboxylic acids is 2. The molecule has 0 N–H and O–H groups in total. The molecule has 1 fully saturated rings. The van der Waals surface area contributed by atoms with Gasteiger partial charge >= 0.3 is 11.9 Å². The maximum atomic E-state index is 11.3. The molecular formula is C22H40O3. The van der Waals surface area contributed by atoms with Crippen molar-refractivity contribution in [2.75, 3.05) is 0 Å². The third kappa shape index (κ3) is 11.4. The maximum Gasteiger partial charge on any atom is 0.317 e. The van der Waals surface area contributed by atoms with Gasteiger partial charge in [-0.3, -0.25) is 9.59 Å². The van der Waals surface area contributed by atoms with Gasteiger partial charge < -0.3 is 4.74 Å². The fraction of sp³-hybridized carbons (Fsp3) is 0.909. The molecule has 2 unspecified atom stereocenters. The van der Waals surface area contributed by atoms with Crippen molar-refractivity contribution >= 4 is 11.9 Å². The van der Waals surface area contributed by atoms with Crippen LogP contribution in [-0.4, -0.2) is 11.9 Å². The average molecular weight is 353 g/mol. The zero-order valence-corrected chi connectivity index (χ0v) is 16.7. The van der Waals surface area contributed by atoms with Gasteiger partial charge in [0, 0.05) is 0 Å². The molecule has 146 valence electrons. The summed E-state index contributed by atoms with van der Waals surface area (Å²) >= 11 is 0. The van der Waals surface area contributed by atoms with Gasteiger partial charge in [-0.05, 0) is 12.3 Å². The summed E-state index contributed by atoms with van der Waals surface area (Å²) in [5, 5.41) is 0. The topological polar surface area (TPSA) is 43.4 Å². The number of carbonyl (C=O) groups is 2. The van der Waals surface area contributed by atoms with Gasteiger partial charge in [0.05, 0.1) is 12.3 Å². The van der Waals surface area contributed by atoms with Gasteiger partial charge in [-0.2, -0.15) is 0 Å². The highest BCUT2D eigenvalue weighted by atomic mass is 16.6. The Balaban J connectivity index is 1.75. The molecule has 0 radical (unpaired) electrons.